The number of hydrogen-bond donors (Lipinski definition) is 1. The highest BCUT2D eigenvalue weighted by molar-refractivity contribution is 5.99. The first-order chi connectivity index (χ1) is 21.3. The number of aliphatic hydroxyl groups excluding tert-OH is 1. The Labute approximate surface area is 261 Å². The molecule has 5 rings (SSSR count). The molecule has 2 unspecified atom stereocenters. The Morgan fingerprint density at radius 3 is 2.45 bits per heavy atom. The van der Waals surface area contributed by atoms with E-state index in [2.05, 4.69) is 18.1 Å². The SMILES string of the molecule is C=CCN(C)C(=O)[C@H]1[C@H]2C(=O)N([C@@H](CO)Cc3ccccc3)C(C(=O)N(CC=C)CCN3CCOCC3)C23CC[C@]1(CC)O3. The Hall–Kier alpha value is -3.05. The largest absolute Gasteiger partial charge is 0.394 e. The first-order valence-corrected chi connectivity index (χ1v) is 16.0. The lowest BCUT2D eigenvalue weighted by Crippen LogP contribution is -2.60. The van der Waals surface area contributed by atoms with Gasteiger partial charge in [-0.2, -0.15) is 0 Å². The van der Waals surface area contributed by atoms with Crippen LogP contribution in [0.1, 0.15) is 31.7 Å². The third kappa shape index (κ3) is 5.62. The van der Waals surface area contributed by atoms with Gasteiger partial charge in [0.25, 0.3) is 0 Å². The van der Waals surface area contributed by atoms with Crippen molar-refractivity contribution in [1.29, 1.82) is 0 Å². The molecule has 1 aromatic carbocycles. The number of likely N-dealkylation sites (tertiary alicyclic amines) is 1. The number of amides is 3. The number of fused-ring (bicyclic) bond motifs is 1. The third-order valence-electron chi connectivity index (χ3n) is 10.3. The Morgan fingerprint density at radius 1 is 1.11 bits per heavy atom. The van der Waals surface area contributed by atoms with Crippen LogP contribution in [0.5, 0.6) is 0 Å². The summed E-state index contributed by atoms with van der Waals surface area (Å²) in [6, 6.07) is 8.03. The lowest BCUT2D eigenvalue weighted by atomic mass is 9.64. The molecule has 4 fully saturated rings. The zero-order valence-corrected chi connectivity index (χ0v) is 26.2. The Balaban J connectivity index is 1.55. The van der Waals surface area contributed by atoms with E-state index in [0.717, 1.165) is 18.7 Å². The quantitative estimate of drug-likeness (QED) is 0.321. The van der Waals surface area contributed by atoms with Gasteiger partial charge >= 0.3 is 0 Å². The van der Waals surface area contributed by atoms with Crippen LogP contribution in [-0.2, 0) is 30.3 Å². The third-order valence-corrected chi connectivity index (χ3v) is 10.3. The maximum atomic E-state index is 14.8. The number of rotatable bonds is 14. The molecule has 1 spiro atoms. The highest BCUT2D eigenvalue weighted by Gasteiger charge is 2.79. The zero-order valence-electron chi connectivity index (χ0n) is 26.2. The minimum absolute atomic E-state index is 0.168. The highest BCUT2D eigenvalue weighted by atomic mass is 16.5. The lowest BCUT2D eigenvalue weighted by molar-refractivity contribution is -0.157. The summed E-state index contributed by atoms with van der Waals surface area (Å²) in [6.45, 7) is 14.1. The van der Waals surface area contributed by atoms with Crippen LogP contribution in [0.4, 0.5) is 0 Å². The van der Waals surface area contributed by atoms with E-state index >= 15 is 0 Å². The number of carbonyl (C=O) groups is 3. The molecule has 4 saturated heterocycles. The molecule has 3 amide bonds. The van der Waals surface area contributed by atoms with Crippen molar-refractivity contribution in [2.45, 2.75) is 55.9 Å². The van der Waals surface area contributed by atoms with Crippen molar-refractivity contribution in [3.63, 3.8) is 0 Å². The summed E-state index contributed by atoms with van der Waals surface area (Å²) in [5, 5.41) is 10.8. The second-order valence-corrected chi connectivity index (χ2v) is 12.6. The normalized spacial score (nSPS) is 30.2. The van der Waals surface area contributed by atoms with Crippen molar-refractivity contribution in [2.24, 2.45) is 11.8 Å². The minimum atomic E-state index is -1.16. The number of aliphatic hydroxyl groups is 1. The number of ether oxygens (including phenoxy) is 2. The van der Waals surface area contributed by atoms with Gasteiger partial charge in [0.2, 0.25) is 17.7 Å². The Morgan fingerprint density at radius 2 is 1.82 bits per heavy atom. The maximum absolute atomic E-state index is 14.8. The fraction of sp³-hybridized carbons (Fsp3) is 0.618. The average Bonchev–Trinajstić information content (AvgIpc) is 3.66. The Bertz CT molecular complexity index is 1220. The number of carbonyl (C=O) groups excluding carboxylic acids is 3. The molecule has 44 heavy (non-hydrogen) atoms. The van der Waals surface area contributed by atoms with Gasteiger partial charge in [0.1, 0.15) is 11.6 Å². The number of hydrogen-bond acceptors (Lipinski definition) is 7. The fourth-order valence-electron chi connectivity index (χ4n) is 8.07. The summed E-state index contributed by atoms with van der Waals surface area (Å²) in [5.41, 5.74) is -1.05. The van der Waals surface area contributed by atoms with Gasteiger partial charge in [-0.25, -0.2) is 0 Å². The van der Waals surface area contributed by atoms with Gasteiger partial charge in [-0.15, -0.1) is 13.2 Å². The zero-order chi connectivity index (χ0) is 31.5. The predicted molar refractivity (Wildman–Crippen MR) is 167 cm³/mol. The molecular formula is C34H48N4O6. The topological polar surface area (TPSA) is 103 Å². The summed E-state index contributed by atoms with van der Waals surface area (Å²) in [5.74, 6) is -2.22. The molecule has 0 aliphatic carbocycles. The van der Waals surface area contributed by atoms with Gasteiger partial charge in [-0.3, -0.25) is 19.3 Å². The monoisotopic (exact) mass is 608 g/mol. The first-order valence-electron chi connectivity index (χ1n) is 16.0. The average molecular weight is 609 g/mol. The molecule has 10 nitrogen and oxygen atoms in total. The molecule has 0 radical (unpaired) electrons. The van der Waals surface area contributed by atoms with Gasteiger partial charge in [-0.1, -0.05) is 49.4 Å². The lowest BCUT2D eigenvalue weighted by Gasteiger charge is -2.40. The van der Waals surface area contributed by atoms with E-state index < -0.39 is 35.1 Å². The van der Waals surface area contributed by atoms with Crippen LogP contribution in [0, 0.1) is 11.8 Å². The van der Waals surface area contributed by atoms with Crippen molar-refractivity contribution in [2.75, 3.05) is 66.1 Å². The predicted octanol–water partition coefficient (Wildman–Crippen LogP) is 1.74. The van der Waals surface area contributed by atoms with Crippen molar-refractivity contribution in [3.8, 4) is 0 Å². The molecule has 4 aliphatic heterocycles. The number of nitrogens with zero attached hydrogens (tertiary/aromatic N) is 4. The van der Waals surface area contributed by atoms with Gasteiger partial charge in [-0.05, 0) is 31.2 Å². The van der Waals surface area contributed by atoms with E-state index in [9.17, 15) is 19.5 Å². The summed E-state index contributed by atoms with van der Waals surface area (Å²) in [7, 11) is 1.72. The molecule has 10 heteroatoms. The molecule has 6 atom stereocenters. The first kappa shape index (κ1) is 32.3. The van der Waals surface area contributed by atoms with Crippen molar-refractivity contribution >= 4 is 17.7 Å². The maximum Gasteiger partial charge on any atom is 0.248 e. The molecular weight excluding hydrogens is 560 g/mol. The molecule has 0 aromatic heterocycles. The summed E-state index contributed by atoms with van der Waals surface area (Å²) < 4.78 is 12.5. The fourth-order valence-corrected chi connectivity index (χ4v) is 8.07. The van der Waals surface area contributed by atoms with Crippen molar-refractivity contribution < 1.29 is 29.0 Å². The summed E-state index contributed by atoms with van der Waals surface area (Å²) in [4.78, 5) is 50.9. The number of morpholine rings is 1. The Kier molecular flexibility index (Phi) is 9.94. The van der Waals surface area contributed by atoms with E-state index in [1.165, 1.54) is 0 Å². The van der Waals surface area contributed by atoms with Crippen molar-refractivity contribution in [1.82, 2.24) is 19.6 Å². The molecule has 0 saturated carbocycles. The second kappa shape index (κ2) is 13.5. The van der Waals surface area contributed by atoms with Crippen LogP contribution in [0.15, 0.2) is 55.6 Å². The number of benzene rings is 1. The molecule has 240 valence electrons. The molecule has 1 N–H and O–H groups in total. The second-order valence-electron chi connectivity index (χ2n) is 12.6. The van der Waals surface area contributed by atoms with E-state index in [1.54, 1.807) is 33.9 Å². The molecule has 2 bridgehead atoms. The molecule has 4 heterocycles. The van der Waals surface area contributed by atoms with Crippen LogP contribution in [0.25, 0.3) is 0 Å². The van der Waals surface area contributed by atoms with E-state index in [-0.39, 0.29) is 24.3 Å². The van der Waals surface area contributed by atoms with Gasteiger partial charge in [0, 0.05) is 46.3 Å². The standard InChI is InChI=1S/C34H48N4O6/c1-5-15-35(4)30(40)27-28-31(41)38(26(24-39)23-25-11-9-8-10-12-25)29(34(28)14-13-33(27,7-3)44-34)32(42)37(16-6-2)18-17-36-19-21-43-22-20-36/h5-6,8-12,26-29,39H,1-2,7,13-24H2,3-4H3/t26-,27-,28+,29?,33+,34?/m1/s1. The summed E-state index contributed by atoms with van der Waals surface area (Å²) in [6.07, 6.45) is 5.38. The minimum Gasteiger partial charge on any atom is -0.394 e. The molecule has 1 aromatic rings. The van der Waals surface area contributed by atoms with Gasteiger partial charge < -0.3 is 29.3 Å². The van der Waals surface area contributed by atoms with Gasteiger partial charge in [0.05, 0.1) is 43.3 Å². The van der Waals surface area contributed by atoms with Crippen LogP contribution >= 0.6 is 0 Å². The van der Waals surface area contributed by atoms with Crippen LogP contribution in [-0.4, -0.2) is 132 Å². The smallest absolute Gasteiger partial charge is 0.248 e. The van der Waals surface area contributed by atoms with Crippen molar-refractivity contribution in [3.05, 3.63) is 61.2 Å². The molecule has 4 aliphatic rings. The van der Waals surface area contributed by atoms with Gasteiger partial charge in [0.15, 0.2) is 0 Å². The number of likely N-dealkylation sites (N-methyl/N-ethyl adjacent to an activating group) is 1. The summed E-state index contributed by atoms with van der Waals surface area (Å²) >= 11 is 0. The highest BCUT2D eigenvalue weighted by Crippen LogP contribution is 2.65. The van der Waals surface area contributed by atoms with Crippen LogP contribution < -0.4 is 0 Å². The van der Waals surface area contributed by atoms with Crippen LogP contribution in [0.2, 0.25) is 0 Å². The van der Waals surface area contributed by atoms with E-state index in [4.69, 9.17) is 9.47 Å². The van der Waals surface area contributed by atoms with Crippen LogP contribution in [0.3, 0.4) is 0 Å². The van der Waals surface area contributed by atoms with E-state index in [1.807, 2.05) is 37.3 Å². The van der Waals surface area contributed by atoms with E-state index in [0.29, 0.717) is 65.1 Å².